The van der Waals surface area contributed by atoms with E-state index in [0.29, 0.717) is 16.8 Å². The second kappa shape index (κ2) is 10.4. The van der Waals surface area contributed by atoms with Crippen LogP contribution in [0.25, 0.3) is 0 Å². The maximum atomic E-state index is 12.0. The molecule has 0 radical (unpaired) electrons. The lowest BCUT2D eigenvalue weighted by Gasteiger charge is -2.11. The molecule has 8 heteroatoms. The summed E-state index contributed by atoms with van der Waals surface area (Å²) in [7, 11) is 0. The molecular weight excluding hydrogens is 425 g/mol. The number of hydrogen-bond donors (Lipinski definition) is 2. The molecule has 0 aliphatic heterocycles. The van der Waals surface area contributed by atoms with E-state index in [1.165, 1.54) is 6.21 Å². The van der Waals surface area contributed by atoms with E-state index in [9.17, 15) is 9.59 Å². The number of ether oxygens (including phenoxy) is 1. The van der Waals surface area contributed by atoms with E-state index in [1.807, 2.05) is 24.3 Å². The number of hydrogen-bond acceptors (Lipinski definition) is 4. The number of halogens is 2. The van der Waals surface area contributed by atoms with E-state index in [0.717, 1.165) is 0 Å². The fraction of sp³-hybridized carbons (Fsp3) is 0.0455. The first-order valence-corrected chi connectivity index (χ1v) is 9.64. The minimum atomic E-state index is -0.345. The van der Waals surface area contributed by atoms with E-state index >= 15 is 0 Å². The predicted molar refractivity (Wildman–Crippen MR) is 119 cm³/mol. The molecule has 0 unspecified atom stereocenters. The van der Waals surface area contributed by atoms with Crippen LogP contribution in [0.5, 0.6) is 5.75 Å². The normalized spacial score (nSPS) is 10.6. The first-order valence-electron chi connectivity index (χ1n) is 8.88. The predicted octanol–water partition coefficient (Wildman–Crippen LogP) is 4.77. The van der Waals surface area contributed by atoms with Crippen LogP contribution in [0.4, 0.5) is 5.69 Å². The van der Waals surface area contributed by atoms with Crippen molar-refractivity contribution in [2.75, 3.05) is 11.9 Å². The standard InChI is InChI=1S/C22H17Cl2N3O3/c23-18-11-15(13-25-27-22(29)16-7-3-1-4-8-16)12-19(24)21(18)30-14-20(28)26-17-9-5-2-6-10-17/h1-13H,14H2,(H,26,28)(H,27,29)/b25-13+. The molecule has 0 spiro atoms. The summed E-state index contributed by atoms with van der Waals surface area (Å²) in [4.78, 5) is 24.0. The molecule has 0 aliphatic rings. The van der Waals surface area contributed by atoms with E-state index < -0.39 is 0 Å². The summed E-state index contributed by atoms with van der Waals surface area (Å²) in [5.41, 5.74) is 4.13. The Hall–Kier alpha value is -3.35. The van der Waals surface area contributed by atoms with Crippen molar-refractivity contribution in [3.05, 3.63) is 94.0 Å². The van der Waals surface area contributed by atoms with Crippen LogP contribution in [0.15, 0.2) is 77.9 Å². The molecule has 3 aromatic carbocycles. The molecule has 0 aromatic heterocycles. The lowest BCUT2D eigenvalue weighted by Crippen LogP contribution is -2.20. The van der Waals surface area contributed by atoms with Crippen molar-refractivity contribution in [3.63, 3.8) is 0 Å². The minimum Gasteiger partial charge on any atom is -0.481 e. The number of carbonyl (C=O) groups is 2. The summed E-state index contributed by atoms with van der Waals surface area (Å²) in [6, 6.07) is 20.8. The highest BCUT2D eigenvalue weighted by molar-refractivity contribution is 6.37. The van der Waals surface area contributed by atoms with Crippen molar-refractivity contribution in [2.45, 2.75) is 0 Å². The second-order valence-electron chi connectivity index (χ2n) is 6.08. The van der Waals surface area contributed by atoms with Gasteiger partial charge in [-0.05, 0) is 42.0 Å². The summed E-state index contributed by atoms with van der Waals surface area (Å²) < 4.78 is 5.47. The molecule has 0 atom stereocenters. The molecule has 2 N–H and O–H groups in total. The van der Waals surface area contributed by atoms with Gasteiger partial charge in [0.25, 0.3) is 11.8 Å². The van der Waals surface area contributed by atoms with E-state index in [4.69, 9.17) is 27.9 Å². The van der Waals surface area contributed by atoms with Crippen molar-refractivity contribution in [2.24, 2.45) is 5.10 Å². The van der Waals surface area contributed by atoms with Gasteiger partial charge >= 0.3 is 0 Å². The van der Waals surface area contributed by atoms with Gasteiger partial charge in [-0.15, -0.1) is 0 Å². The van der Waals surface area contributed by atoms with Gasteiger partial charge in [-0.25, -0.2) is 5.43 Å². The molecule has 3 rings (SSSR count). The van der Waals surface area contributed by atoms with Crippen molar-refractivity contribution in [1.82, 2.24) is 5.43 Å². The lowest BCUT2D eigenvalue weighted by atomic mass is 10.2. The third-order valence-electron chi connectivity index (χ3n) is 3.84. The van der Waals surface area contributed by atoms with Gasteiger partial charge < -0.3 is 10.1 Å². The van der Waals surface area contributed by atoms with Gasteiger partial charge in [-0.3, -0.25) is 9.59 Å². The third-order valence-corrected chi connectivity index (χ3v) is 4.40. The van der Waals surface area contributed by atoms with Gasteiger partial charge in [0.2, 0.25) is 0 Å². The smallest absolute Gasteiger partial charge is 0.271 e. The topological polar surface area (TPSA) is 79.8 Å². The molecule has 2 amide bonds. The van der Waals surface area contributed by atoms with Gasteiger partial charge in [0.15, 0.2) is 12.4 Å². The summed E-state index contributed by atoms with van der Waals surface area (Å²) >= 11 is 12.5. The summed E-state index contributed by atoms with van der Waals surface area (Å²) in [5.74, 6) is -0.497. The number of para-hydroxylation sites is 1. The molecule has 0 saturated carbocycles. The molecule has 0 bridgehead atoms. The molecule has 0 aliphatic carbocycles. The van der Waals surface area contributed by atoms with E-state index in [2.05, 4.69) is 15.8 Å². The number of benzene rings is 3. The van der Waals surface area contributed by atoms with Gasteiger partial charge in [0.1, 0.15) is 0 Å². The zero-order valence-corrected chi connectivity index (χ0v) is 17.2. The Morgan fingerprint density at radius 1 is 0.933 bits per heavy atom. The van der Waals surface area contributed by atoms with Crippen LogP contribution >= 0.6 is 23.2 Å². The second-order valence-corrected chi connectivity index (χ2v) is 6.90. The van der Waals surface area contributed by atoms with Crippen LogP contribution in [0.3, 0.4) is 0 Å². The van der Waals surface area contributed by atoms with Crippen LogP contribution in [-0.2, 0) is 4.79 Å². The molecule has 30 heavy (non-hydrogen) atoms. The van der Waals surface area contributed by atoms with Crippen LogP contribution in [0.2, 0.25) is 10.0 Å². The number of nitrogens with one attached hydrogen (secondary N) is 2. The number of hydrazone groups is 1. The van der Waals surface area contributed by atoms with Crippen molar-refractivity contribution < 1.29 is 14.3 Å². The van der Waals surface area contributed by atoms with Crippen molar-refractivity contribution >= 4 is 46.9 Å². The molecule has 0 fully saturated rings. The highest BCUT2D eigenvalue weighted by Gasteiger charge is 2.12. The third kappa shape index (κ3) is 6.07. The zero-order chi connectivity index (χ0) is 21.3. The van der Waals surface area contributed by atoms with Crippen LogP contribution < -0.4 is 15.5 Å². The summed E-state index contributed by atoms with van der Waals surface area (Å²) in [6.45, 7) is -0.255. The Kier molecular flexibility index (Phi) is 7.43. The van der Waals surface area contributed by atoms with Crippen LogP contribution in [0, 0.1) is 0 Å². The minimum absolute atomic E-state index is 0.187. The Morgan fingerprint density at radius 2 is 1.53 bits per heavy atom. The molecule has 0 heterocycles. The van der Waals surface area contributed by atoms with Crippen molar-refractivity contribution in [1.29, 1.82) is 0 Å². The quantitative estimate of drug-likeness (QED) is 0.409. The number of nitrogens with zero attached hydrogens (tertiary/aromatic N) is 1. The van der Waals surface area contributed by atoms with E-state index in [1.54, 1.807) is 48.5 Å². The Bertz CT molecular complexity index is 1030. The molecule has 152 valence electrons. The maximum absolute atomic E-state index is 12.0. The largest absolute Gasteiger partial charge is 0.481 e. The molecule has 0 saturated heterocycles. The highest BCUT2D eigenvalue weighted by Crippen LogP contribution is 2.33. The molecular formula is C22H17Cl2N3O3. The Morgan fingerprint density at radius 3 is 2.17 bits per heavy atom. The Balaban J connectivity index is 1.58. The van der Waals surface area contributed by atoms with Gasteiger partial charge in [-0.2, -0.15) is 5.10 Å². The van der Waals surface area contributed by atoms with Gasteiger partial charge in [-0.1, -0.05) is 59.6 Å². The SMILES string of the molecule is O=C(COc1c(Cl)cc(/C=N/NC(=O)c2ccccc2)cc1Cl)Nc1ccccc1. The highest BCUT2D eigenvalue weighted by atomic mass is 35.5. The number of anilines is 1. The first kappa shape index (κ1) is 21.4. The van der Waals surface area contributed by atoms with Crippen LogP contribution in [0.1, 0.15) is 15.9 Å². The lowest BCUT2D eigenvalue weighted by molar-refractivity contribution is -0.118. The zero-order valence-electron chi connectivity index (χ0n) is 15.6. The summed E-state index contributed by atoms with van der Waals surface area (Å²) in [5, 5.41) is 7.03. The monoisotopic (exact) mass is 441 g/mol. The molecule has 3 aromatic rings. The van der Waals surface area contributed by atoms with E-state index in [-0.39, 0.29) is 34.2 Å². The van der Waals surface area contributed by atoms with Crippen molar-refractivity contribution in [3.8, 4) is 5.75 Å². The first-order chi connectivity index (χ1) is 14.5. The van der Waals surface area contributed by atoms with Crippen LogP contribution in [-0.4, -0.2) is 24.6 Å². The summed E-state index contributed by atoms with van der Waals surface area (Å²) in [6.07, 6.45) is 1.41. The number of amides is 2. The fourth-order valence-corrected chi connectivity index (χ4v) is 3.08. The average Bonchev–Trinajstić information content (AvgIpc) is 2.74. The maximum Gasteiger partial charge on any atom is 0.271 e. The number of carbonyl (C=O) groups excluding carboxylic acids is 2. The average molecular weight is 442 g/mol. The Labute approximate surface area is 183 Å². The van der Waals surface area contributed by atoms with Gasteiger partial charge in [0, 0.05) is 11.3 Å². The molecule has 6 nitrogen and oxygen atoms in total. The number of rotatable bonds is 7. The fourth-order valence-electron chi connectivity index (χ4n) is 2.47. The van der Waals surface area contributed by atoms with Gasteiger partial charge in [0.05, 0.1) is 16.3 Å².